The van der Waals surface area contributed by atoms with Crippen molar-refractivity contribution in [2.24, 2.45) is 9.81 Å². The third-order valence-electron chi connectivity index (χ3n) is 6.18. The van der Waals surface area contributed by atoms with Gasteiger partial charge in [-0.25, -0.2) is 4.39 Å². The molecule has 0 saturated carbocycles. The van der Waals surface area contributed by atoms with Crippen LogP contribution in [0, 0.1) is 11.2 Å². The van der Waals surface area contributed by atoms with Crippen molar-refractivity contribution in [2.45, 2.75) is 38.3 Å². The van der Waals surface area contributed by atoms with Gasteiger partial charge in [-0.1, -0.05) is 45.0 Å². The van der Waals surface area contributed by atoms with Crippen LogP contribution in [0.3, 0.4) is 0 Å². The number of likely N-dealkylation sites (N-methyl/N-ethyl adjacent to an activating group) is 1. The molecule has 0 spiro atoms. The summed E-state index contributed by atoms with van der Waals surface area (Å²) in [6, 6.07) is 9.27. The monoisotopic (exact) mass is 529 g/mol. The number of nitrogens with zero attached hydrogens (tertiary/aromatic N) is 3. The van der Waals surface area contributed by atoms with Crippen molar-refractivity contribution in [3.63, 3.8) is 0 Å². The molecule has 2 aromatic rings. The minimum Gasteiger partial charge on any atom is -0.509 e. The average Bonchev–Trinajstić information content (AvgIpc) is 3.22. The van der Waals surface area contributed by atoms with Crippen LogP contribution in [0.2, 0.25) is 0 Å². The van der Waals surface area contributed by atoms with Crippen molar-refractivity contribution in [1.29, 1.82) is 0 Å². The SMILES string of the molecule is CN(C)C(=O)COc1cccc2c1S(=O)(=O)N=C2C1=C(O)[C@H](C(C)(C)C)N(Cc2ccc(F)cc2)C1=O. The molecule has 196 valence electrons. The van der Waals surface area contributed by atoms with E-state index in [1.54, 1.807) is 26.2 Å². The Labute approximate surface area is 214 Å². The largest absolute Gasteiger partial charge is 0.509 e. The molecule has 2 aliphatic heterocycles. The fourth-order valence-corrected chi connectivity index (χ4v) is 5.80. The third-order valence-corrected chi connectivity index (χ3v) is 7.54. The summed E-state index contributed by atoms with van der Waals surface area (Å²) in [5, 5.41) is 11.3. The van der Waals surface area contributed by atoms with Gasteiger partial charge in [-0.3, -0.25) is 9.59 Å². The number of halogens is 1. The second-order valence-corrected chi connectivity index (χ2v) is 11.8. The van der Waals surface area contributed by atoms with E-state index in [-0.39, 0.29) is 45.7 Å². The van der Waals surface area contributed by atoms with Crippen LogP contribution in [0.4, 0.5) is 4.39 Å². The van der Waals surface area contributed by atoms with Gasteiger partial charge in [0.1, 0.15) is 33.5 Å². The topological polar surface area (TPSA) is 117 Å². The van der Waals surface area contributed by atoms with Crippen molar-refractivity contribution in [1.82, 2.24) is 9.80 Å². The van der Waals surface area contributed by atoms with Gasteiger partial charge in [0, 0.05) is 26.2 Å². The zero-order chi connectivity index (χ0) is 27.3. The van der Waals surface area contributed by atoms with Gasteiger partial charge in [-0.15, -0.1) is 0 Å². The molecule has 0 bridgehead atoms. The number of fused-ring (bicyclic) bond motifs is 1. The minimum absolute atomic E-state index is 0.0668. The Morgan fingerprint density at radius 1 is 1.16 bits per heavy atom. The van der Waals surface area contributed by atoms with E-state index in [0.717, 1.165) is 0 Å². The Balaban J connectivity index is 1.77. The normalized spacial score (nSPS) is 18.6. The van der Waals surface area contributed by atoms with Gasteiger partial charge in [0.15, 0.2) is 6.61 Å². The summed E-state index contributed by atoms with van der Waals surface area (Å²) in [5.74, 6) is -1.76. The van der Waals surface area contributed by atoms with Crippen LogP contribution >= 0.6 is 0 Å². The average molecular weight is 530 g/mol. The fraction of sp³-hybridized carbons (Fsp3) is 0.346. The first-order chi connectivity index (χ1) is 17.2. The number of benzene rings is 2. The van der Waals surface area contributed by atoms with Crippen molar-refractivity contribution < 1.29 is 32.2 Å². The van der Waals surface area contributed by atoms with Crippen LogP contribution in [0.15, 0.2) is 63.1 Å². The van der Waals surface area contributed by atoms with E-state index in [4.69, 9.17) is 4.74 Å². The second-order valence-electron chi connectivity index (χ2n) is 10.2. The van der Waals surface area contributed by atoms with E-state index in [2.05, 4.69) is 4.40 Å². The molecule has 37 heavy (non-hydrogen) atoms. The lowest BCUT2D eigenvalue weighted by atomic mass is 9.84. The fourth-order valence-electron chi connectivity index (χ4n) is 4.45. The molecule has 2 amide bonds. The second kappa shape index (κ2) is 9.29. The molecule has 0 radical (unpaired) electrons. The van der Waals surface area contributed by atoms with Crippen LogP contribution in [-0.2, 0) is 26.2 Å². The van der Waals surface area contributed by atoms with Gasteiger partial charge >= 0.3 is 0 Å². The number of carbonyl (C=O) groups is 2. The lowest BCUT2D eigenvalue weighted by molar-refractivity contribution is -0.131. The first kappa shape index (κ1) is 26.3. The molecule has 0 aromatic heterocycles. The number of aliphatic hydroxyl groups excluding tert-OH is 1. The molecule has 9 nitrogen and oxygen atoms in total. The Kier molecular flexibility index (Phi) is 6.61. The lowest BCUT2D eigenvalue weighted by Crippen LogP contribution is -2.43. The zero-order valence-electron chi connectivity index (χ0n) is 21.1. The number of sulfonamides is 1. The zero-order valence-corrected chi connectivity index (χ0v) is 22.0. The highest BCUT2D eigenvalue weighted by Crippen LogP contribution is 2.42. The standard InChI is InChI=1S/C26H28FN3O6S/c1-26(2,3)24-22(32)20(25(33)30(24)13-15-9-11-16(27)12-10-15)21-17-7-6-8-18(23(17)37(34,35)28-21)36-14-19(31)29(4)5/h6-12,24,32H,13-14H2,1-5H3/t24-/m1/s1. The van der Waals surface area contributed by atoms with Gasteiger partial charge in [-0.05, 0) is 29.2 Å². The van der Waals surface area contributed by atoms with Crippen molar-refractivity contribution >= 4 is 27.5 Å². The molecule has 0 unspecified atom stereocenters. The van der Waals surface area contributed by atoms with Crippen molar-refractivity contribution in [3.05, 3.63) is 70.7 Å². The molecule has 2 aromatic carbocycles. The number of amides is 2. The summed E-state index contributed by atoms with van der Waals surface area (Å²) in [7, 11) is -1.20. The molecule has 0 aliphatic carbocycles. The number of hydrogen-bond donors (Lipinski definition) is 1. The number of hydrogen-bond acceptors (Lipinski definition) is 6. The van der Waals surface area contributed by atoms with E-state index < -0.39 is 39.8 Å². The molecule has 1 atom stereocenters. The Morgan fingerprint density at radius 2 is 1.81 bits per heavy atom. The van der Waals surface area contributed by atoms with Crippen LogP contribution in [0.5, 0.6) is 5.75 Å². The van der Waals surface area contributed by atoms with E-state index in [0.29, 0.717) is 5.56 Å². The molecule has 0 saturated heterocycles. The summed E-state index contributed by atoms with van der Waals surface area (Å²) in [4.78, 5) is 28.2. The molecule has 2 heterocycles. The summed E-state index contributed by atoms with van der Waals surface area (Å²) in [6.07, 6.45) is 0. The maximum atomic E-state index is 13.7. The molecular formula is C26H28FN3O6S. The van der Waals surface area contributed by atoms with Gasteiger partial charge in [0.05, 0.1) is 6.04 Å². The molecule has 4 rings (SSSR count). The Hall–Kier alpha value is -3.73. The van der Waals surface area contributed by atoms with Gasteiger partial charge in [0.2, 0.25) is 0 Å². The lowest BCUT2D eigenvalue weighted by Gasteiger charge is -2.35. The summed E-state index contributed by atoms with van der Waals surface area (Å²) < 4.78 is 49.0. The maximum absolute atomic E-state index is 13.7. The number of carbonyl (C=O) groups excluding carboxylic acids is 2. The molecule has 1 N–H and O–H groups in total. The number of ether oxygens (including phenoxy) is 1. The Bertz CT molecular complexity index is 1440. The molecule has 11 heteroatoms. The smallest absolute Gasteiger partial charge is 0.287 e. The summed E-state index contributed by atoms with van der Waals surface area (Å²) in [5.41, 5.74) is -0.287. The van der Waals surface area contributed by atoms with E-state index >= 15 is 0 Å². The minimum atomic E-state index is -4.29. The predicted octanol–water partition coefficient (Wildman–Crippen LogP) is 3.05. The van der Waals surface area contributed by atoms with Crippen LogP contribution in [-0.4, -0.2) is 67.6 Å². The third kappa shape index (κ3) is 4.83. The van der Waals surface area contributed by atoms with E-state index in [9.17, 15) is 27.5 Å². The molecule has 0 fully saturated rings. The van der Waals surface area contributed by atoms with E-state index in [1.807, 2.05) is 20.8 Å². The molecular weight excluding hydrogens is 501 g/mol. The number of aliphatic hydroxyl groups is 1. The van der Waals surface area contributed by atoms with Gasteiger partial charge in [0.25, 0.3) is 21.8 Å². The molecule has 2 aliphatic rings. The van der Waals surface area contributed by atoms with E-state index in [1.165, 1.54) is 40.1 Å². The van der Waals surface area contributed by atoms with Gasteiger partial charge < -0.3 is 19.6 Å². The number of rotatable bonds is 6. The summed E-state index contributed by atoms with van der Waals surface area (Å²) >= 11 is 0. The maximum Gasteiger partial charge on any atom is 0.287 e. The highest BCUT2D eigenvalue weighted by molar-refractivity contribution is 7.91. The first-order valence-electron chi connectivity index (χ1n) is 11.5. The summed E-state index contributed by atoms with van der Waals surface area (Å²) in [6.45, 7) is 5.21. The van der Waals surface area contributed by atoms with Crippen molar-refractivity contribution in [3.8, 4) is 5.75 Å². The van der Waals surface area contributed by atoms with Crippen molar-refractivity contribution in [2.75, 3.05) is 20.7 Å². The van der Waals surface area contributed by atoms with Gasteiger partial charge in [-0.2, -0.15) is 12.8 Å². The van der Waals surface area contributed by atoms with Crippen LogP contribution in [0.1, 0.15) is 31.9 Å². The predicted molar refractivity (Wildman–Crippen MR) is 134 cm³/mol. The highest BCUT2D eigenvalue weighted by atomic mass is 32.2. The quantitative estimate of drug-likeness (QED) is 0.615. The Morgan fingerprint density at radius 3 is 2.41 bits per heavy atom. The van der Waals surface area contributed by atoms with Crippen LogP contribution < -0.4 is 4.74 Å². The van der Waals surface area contributed by atoms with Crippen LogP contribution in [0.25, 0.3) is 0 Å². The highest BCUT2D eigenvalue weighted by Gasteiger charge is 2.49. The first-order valence-corrected chi connectivity index (χ1v) is 13.0.